The third-order valence-electron chi connectivity index (χ3n) is 7.73. The molecule has 8 nitrogen and oxygen atoms in total. The Labute approximate surface area is 203 Å². The van der Waals surface area contributed by atoms with Gasteiger partial charge in [0.25, 0.3) is 5.91 Å². The molecule has 3 aliphatic heterocycles. The summed E-state index contributed by atoms with van der Waals surface area (Å²) in [5.74, 6) is 2.02. The fourth-order valence-corrected chi connectivity index (χ4v) is 5.71. The van der Waals surface area contributed by atoms with Gasteiger partial charge in [0.05, 0.1) is 21.3 Å². The summed E-state index contributed by atoms with van der Waals surface area (Å²) in [6.07, 6.45) is 7.39. The number of ether oxygens (including phenoxy) is 3. The van der Waals surface area contributed by atoms with Gasteiger partial charge < -0.3 is 28.9 Å². The summed E-state index contributed by atoms with van der Waals surface area (Å²) in [5.41, 5.74) is 0.546. The maximum absolute atomic E-state index is 13.2. The lowest BCUT2D eigenvalue weighted by molar-refractivity contribution is -0.138. The van der Waals surface area contributed by atoms with Gasteiger partial charge >= 0.3 is 0 Å². The molecule has 0 aliphatic carbocycles. The van der Waals surface area contributed by atoms with Crippen LogP contribution in [0.15, 0.2) is 12.1 Å². The number of hydrogen-bond acceptors (Lipinski definition) is 6. The van der Waals surface area contributed by atoms with Gasteiger partial charge in [-0.15, -0.1) is 0 Å². The summed E-state index contributed by atoms with van der Waals surface area (Å²) in [6.45, 7) is 5.31. The predicted molar refractivity (Wildman–Crippen MR) is 130 cm³/mol. The van der Waals surface area contributed by atoms with Crippen LogP contribution in [0, 0.1) is 5.92 Å². The van der Waals surface area contributed by atoms with E-state index in [4.69, 9.17) is 14.2 Å². The number of hydrogen-bond donors (Lipinski definition) is 0. The molecule has 1 aromatic rings. The maximum atomic E-state index is 13.2. The van der Waals surface area contributed by atoms with Crippen molar-refractivity contribution in [2.75, 3.05) is 60.6 Å². The van der Waals surface area contributed by atoms with Gasteiger partial charge in [0.1, 0.15) is 0 Å². The highest BCUT2D eigenvalue weighted by molar-refractivity contribution is 5.95. The molecule has 0 spiro atoms. The summed E-state index contributed by atoms with van der Waals surface area (Å²) in [6, 6.07) is 3.93. The van der Waals surface area contributed by atoms with Crippen molar-refractivity contribution in [3.8, 4) is 17.2 Å². The van der Waals surface area contributed by atoms with Gasteiger partial charge in [-0.25, -0.2) is 0 Å². The average Bonchev–Trinajstić information content (AvgIpc) is 2.92. The van der Waals surface area contributed by atoms with E-state index in [1.807, 2.05) is 4.90 Å². The molecule has 188 valence electrons. The summed E-state index contributed by atoms with van der Waals surface area (Å²) < 4.78 is 16.2. The summed E-state index contributed by atoms with van der Waals surface area (Å²) >= 11 is 0. The Hall–Kier alpha value is -2.48. The monoisotopic (exact) mass is 473 g/mol. The third-order valence-corrected chi connectivity index (χ3v) is 7.73. The molecule has 3 saturated heterocycles. The van der Waals surface area contributed by atoms with Crippen LogP contribution in [0.1, 0.15) is 55.3 Å². The number of benzene rings is 1. The molecule has 1 aromatic carbocycles. The van der Waals surface area contributed by atoms with E-state index in [9.17, 15) is 9.59 Å². The summed E-state index contributed by atoms with van der Waals surface area (Å²) in [5, 5.41) is 0. The molecule has 3 aliphatic rings. The number of carbonyl (C=O) groups excluding carboxylic acids is 2. The minimum atomic E-state index is -0.0106. The molecular formula is C26H39N3O5. The normalized spacial score (nSPS) is 20.8. The molecule has 0 saturated carbocycles. The number of carbonyl (C=O) groups is 2. The Kier molecular flexibility index (Phi) is 8.19. The Morgan fingerprint density at radius 2 is 1.32 bits per heavy atom. The summed E-state index contributed by atoms with van der Waals surface area (Å²) in [4.78, 5) is 32.6. The minimum Gasteiger partial charge on any atom is -0.493 e. The van der Waals surface area contributed by atoms with E-state index in [0.29, 0.717) is 34.8 Å². The molecule has 34 heavy (non-hydrogen) atoms. The van der Waals surface area contributed by atoms with Crippen molar-refractivity contribution in [3.05, 3.63) is 17.7 Å². The second-order valence-electron chi connectivity index (χ2n) is 9.63. The van der Waals surface area contributed by atoms with Crippen molar-refractivity contribution in [1.82, 2.24) is 14.7 Å². The number of piperidine rings is 3. The zero-order valence-electron chi connectivity index (χ0n) is 20.9. The third kappa shape index (κ3) is 5.27. The molecule has 3 fully saturated rings. The van der Waals surface area contributed by atoms with E-state index in [0.717, 1.165) is 77.8 Å². The van der Waals surface area contributed by atoms with E-state index in [2.05, 4.69) is 9.80 Å². The molecule has 0 unspecified atom stereocenters. The minimum absolute atomic E-state index is 0.0106. The van der Waals surface area contributed by atoms with E-state index in [1.165, 1.54) is 6.42 Å². The van der Waals surface area contributed by atoms with Crippen LogP contribution in [0.5, 0.6) is 17.2 Å². The maximum Gasteiger partial charge on any atom is 0.254 e. The van der Waals surface area contributed by atoms with E-state index in [-0.39, 0.29) is 11.8 Å². The van der Waals surface area contributed by atoms with E-state index in [1.54, 1.807) is 33.5 Å². The van der Waals surface area contributed by atoms with Gasteiger partial charge in [-0.1, -0.05) is 0 Å². The molecule has 3 heterocycles. The van der Waals surface area contributed by atoms with Gasteiger partial charge in [-0.2, -0.15) is 0 Å². The number of amides is 2. The highest BCUT2D eigenvalue weighted by atomic mass is 16.5. The Morgan fingerprint density at radius 1 is 0.735 bits per heavy atom. The standard InChI is InChI=1S/C26H39N3O5/c1-32-22-17-20(18-23(33-2)24(22)34-3)26(31)29-15-9-21(10-16-29)27-13-7-19(8-14-27)25(30)28-11-5-4-6-12-28/h17-19,21H,4-16H2,1-3H3. The van der Waals surface area contributed by atoms with Crippen LogP contribution in [-0.2, 0) is 4.79 Å². The van der Waals surface area contributed by atoms with Crippen molar-refractivity contribution >= 4 is 11.8 Å². The molecule has 0 radical (unpaired) electrons. The first kappa shape index (κ1) is 24.6. The van der Waals surface area contributed by atoms with Gasteiger partial charge in [-0.3, -0.25) is 9.59 Å². The van der Waals surface area contributed by atoms with Crippen molar-refractivity contribution in [1.29, 1.82) is 0 Å². The Morgan fingerprint density at radius 3 is 1.85 bits per heavy atom. The lowest BCUT2D eigenvalue weighted by Gasteiger charge is -2.42. The zero-order chi connectivity index (χ0) is 24.1. The smallest absolute Gasteiger partial charge is 0.254 e. The topological polar surface area (TPSA) is 71.6 Å². The quantitative estimate of drug-likeness (QED) is 0.633. The van der Waals surface area contributed by atoms with Crippen LogP contribution in [-0.4, -0.2) is 93.2 Å². The van der Waals surface area contributed by atoms with Crippen LogP contribution in [0.25, 0.3) is 0 Å². The first-order chi connectivity index (χ1) is 16.5. The predicted octanol–water partition coefficient (Wildman–Crippen LogP) is 3.04. The molecule has 0 bridgehead atoms. The second-order valence-corrected chi connectivity index (χ2v) is 9.63. The molecule has 2 amide bonds. The molecule has 0 N–H and O–H groups in total. The van der Waals surface area contributed by atoms with Gasteiger partial charge in [0.2, 0.25) is 11.7 Å². The first-order valence-corrected chi connectivity index (χ1v) is 12.7. The molecular weight excluding hydrogens is 434 g/mol. The molecule has 4 rings (SSSR count). The van der Waals surface area contributed by atoms with Gasteiger partial charge in [0, 0.05) is 43.7 Å². The lowest BCUT2D eigenvalue weighted by Crippen LogP contribution is -2.50. The van der Waals surface area contributed by atoms with Crippen LogP contribution in [0.3, 0.4) is 0 Å². The van der Waals surface area contributed by atoms with Crippen LogP contribution < -0.4 is 14.2 Å². The van der Waals surface area contributed by atoms with E-state index < -0.39 is 0 Å². The SMILES string of the molecule is COc1cc(C(=O)N2CCC(N3CCC(C(=O)N4CCCCC4)CC3)CC2)cc(OC)c1OC. The van der Waals surface area contributed by atoms with Crippen molar-refractivity contribution in [2.45, 2.75) is 51.0 Å². The first-order valence-electron chi connectivity index (χ1n) is 12.7. The highest BCUT2D eigenvalue weighted by Gasteiger charge is 2.34. The Balaban J connectivity index is 1.29. The van der Waals surface area contributed by atoms with Crippen LogP contribution >= 0.6 is 0 Å². The highest BCUT2D eigenvalue weighted by Crippen LogP contribution is 2.38. The fraction of sp³-hybridized carbons (Fsp3) is 0.692. The van der Waals surface area contributed by atoms with Crippen LogP contribution in [0.2, 0.25) is 0 Å². The molecule has 0 aromatic heterocycles. The molecule has 0 atom stereocenters. The van der Waals surface area contributed by atoms with Gasteiger partial charge in [0.15, 0.2) is 11.5 Å². The largest absolute Gasteiger partial charge is 0.493 e. The van der Waals surface area contributed by atoms with Crippen molar-refractivity contribution in [3.63, 3.8) is 0 Å². The lowest BCUT2D eigenvalue weighted by atomic mass is 9.91. The van der Waals surface area contributed by atoms with Crippen LogP contribution in [0.4, 0.5) is 0 Å². The Bertz CT molecular complexity index is 829. The van der Waals surface area contributed by atoms with Crippen molar-refractivity contribution < 1.29 is 23.8 Å². The summed E-state index contributed by atoms with van der Waals surface area (Å²) in [7, 11) is 4.67. The fourth-order valence-electron chi connectivity index (χ4n) is 5.71. The van der Waals surface area contributed by atoms with Crippen molar-refractivity contribution in [2.24, 2.45) is 5.92 Å². The number of methoxy groups -OCH3 is 3. The number of likely N-dealkylation sites (tertiary alicyclic amines) is 3. The number of nitrogens with zero attached hydrogens (tertiary/aromatic N) is 3. The number of rotatable bonds is 6. The zero-order valence-corrected chi connectivity index (χ0v) is 20.9. The average molecular weight is 474 g/mol. The van der Waals surface area contributed by atoms with Gasteiger partial charge in [-0.05, 0) is 70.2 Å². The van der Waals surface area contributed by atoms with E-state index >= 15 is 0 Å². The molecule has 8 heteroatoms. The second kappa shape index (κ2) is 11.3.